The number of benzene rings is 1. The van der Waals surface area contributed by atoms with Crippen LogP contribution in [0.15, 0.2) is 12.1 Å². The molecule has 0 saturated heterocycles. The van der Waals surface area contributed by atoms with E-state index in [1.807, 2.05) is 0 Å². The summed E-state index contributed by atoms with van der Waals surface area (Å²) in [5.74, 6) is -1.30. The zero-order valence-electron chi connectivity index (χ0n) is 10.1. The lowest BCUT2D eigenvalue weighted by Gasteiger charge is -2.18. The highest BCUT2D eigenvalue weighted by molar-refractivity contribution is 5.68. The summed E-state index contributed by atoms with van der Waals surface area (Å²) in [6.07, 6.45) is -3.89. The zero-order valence-corrected chi connectivity index (χ0v) is 10.1. The van der Waals surface area contributed by atoms with Crippen molar-refractivity contribution in [3.63, 3.8) is 0 Å². The number of rotatable bonds is 5. The van der Waals surface area contributed by atoms with Gasteiger partial charge in [-0.05, 0) is 12.5 Å². The van der Waals surface area contributed by atoms with Crippen LogP contribution in [0.2, 0.25) is 0 Å². The maximum atomic E-state index is 10.8. The van der Waals surface area contributed by atoms with Crippen LogP contribution in [0.1, 0.15) is 23.7 Å². The molecule has 2 unspecified atom stereocenters. The molecule has 0 aliphatic heterocycles. The second-order valence-corrected chi connectivity index (χ2v) is 4.15. The summed E-state index contributed by atoms with van der Waals surface area (Å²) in [7, 11) is 0. The van der Waals surface area contributed by atoms with Gasteiger partial charge in [0, 0.05) is 11.6 Å². The molecule has 2 atom stereocenters. The van der Waals surface area contributed by atoms with Gasteiger partial charge >= 0.3 is 5.97 Å². The average molecular weight is 270 g/mol. The van der Waals surface area contributed by atoms with Gasteiger partial charge in [-0.25, -0.2) is 0 Å². The molecule has 19 heavy (non-hydrogen) atoms. The van der Waals surface area contributed by atoms with Gasteiger partial charge in [-0.1, -0.05) is 6.07 Å². The van der Waals surface area contributed by atoms with Crippen molar-refractivity contribution in [3.8, 4) is 0 Å². The van der Waals surface area contributed by atoms with Gasteiger partial charge in [0.1, 0.15) is 11.8 Å². The van der Waals surface area contributed by atoms with Gasteiger partial charge in [0.2, 0.25) is 0 Å². The Hall–Kier alpha value is -2.19. The van der Waals surface area contributed by atoms with E-state index in [2.05, 4.69) is 0 Å². The summed E-state index contributed by atoms with van der Waals surface area (Å²) >= 11 is 0. The van der Waals surface area contributed by atoms with Crippen LogP contribution in [0.3, 0.4) is 0 Å². The third kappa shape index (κ3) is 3.39. The number of aliphatic carboxylic acids is 1. The minimum Gasteiger partial charge on any atom is -0.481 e. The monoisotopic (exact) mass is 270 g/mol. The Morgan fingerprint density at radius 1 is 1.47 bits per heavy atom. The molecular weight excluding hydrogens is 256 g/mol. The minimum absolute atomic E-state index is 0.0551. The van der Waals surface area contributed by atoms with E-state index >= 15 is 0 Å². The molecule has 0 spiro atoms. The largest absolute Gasteiger partial charge is 0.481 e. The van der Waals surface area contributed by atoms with E-state index < -0.39 is 35.2 Å². The first-order chi connectivity index (χ1) is 8.73. The fraction of sp³-hybridized carbons (Fsp3) is 0.364. The molecular formula is C11H14N2O6. The number of nitrogen functional groups attached to an aromatic ring is 1. The second kappa shape index (κ2) is 5.63. The molecule has 104 valence electrons. The number of aryl methyl sites for hydroxylation is 1. The van der Waals surface area contributed by atoms with Gasteiger partial charge < -0.3 is 21.1 Å². The molecule has 0 amide bonds. The average Bonchev–Trinajstić information content (AvgIpc) is 2.29. The van der Waals surface area contributed by atoms with Crippen molar-refractivity contribution in [1.29, 1.82) is 0 Å². The molecule has 1 aromatic carbocycles. The lowest BCUT2D eigenvalue weighted by atomic mass is 9.97. The fourth-order valence-corrected chi connectivity index (χ4v) is 1.70. The van der Waals surface area contributed by atoms with Crippen molar-refractivity contribution in [3.05, 3.63) is 33.4 Å². The van der Waals surface area contributed by atoms with Crippen LogP contribution in [0.25, 0.3) is 0 Å². The number of carboxylic acids is 1. The molecule has 0 fully saturated rings. The SMILES string of the molecule is Cc1cc(C(O)C(O)CC(=O)O)c(N)c([N+](=O)[O-])c1. The Balaban J connectivity index is 3.19. The van der Waals surface area contributed by atoms with Gasteiger partial charge in [-0.15, -0.1) is 0 Å². The first-order valence-electron chi connectivity index (χ1n) is 5.36. The molecule has 8 heteroatoms. The molecule has 8 nitrogen and oxygen atoms in total. The Morgan fingerprint density at radius 3 is 2.53 bits per heavy atom. The Labute approximate surface area is 108 Å². The van der Waals surface area contributed by atoms with Crippen LogP contribution >= 0.6 is 0 Å². The van der Waals surface area contributed by atoms with Crippen molar-refractivity contribution in [2.45, 2.75) is 25.6 Å². The number of nitrogens with two attached hydrogens (primary N) is 1. The van der Waals surface area contributed by atoms with E-state index in [4.69, 9.17) is 10.8 Å². The predicted octanol–water partition coefficient (Wildman–Crippen LogP) is 0.354. The molecule has 1 rings (SSSR count). The molecule has 1 aromatic rings. The van der Waals surface area contributed by atoms with Crippen LogP contribution in [-0.4, -0.2) is 32.3 Å². The van der Waals surface area contributed by atoms with Crippen LogP contribution in [0, 0.1) is 17.0 Å². The van der Waals surface area contributed by atoms with Crippen molar-refractivity contribution >= 4 is 17.3 Å². The highest BCUT2D eigenvalue weighted by Crippen LogP contribution is 2.33. The van der Waals surface area contributed by atoms with Crippen molar-refractivity contribution in [1.82, 2.24) is 0 Å². The number of carboxylic acid groups (broad SMARTS) is 1. The highest BCUT2D eigenvalue weighted by atomic mass is 16.6. The Morgan fingerprint density at radius 2 is 2.05 bits per heavy atom. The molecule has 5 N–H and O–H groups in total. The third-order valence-electron chi connectivity index (χ3n) is 2.60. The lowest BCUT2D eigenvalue weighted by molar-refractivity contribution is -0.384. The van der Waals surface area contributed by atoms with Gasteiger partial charge in [-0.2, -0.15) is 0 Å². The fourth-order valence-electron chi connectivity index (χ4n) is 1.70. The van der Waals surface area contributed by atoms with Crippen LogP contribution in [0.5, 0.6) is 0 Å². The summed E-state index contributed by atoms with van der Waals surface area (Å²) in [6, 6.07) is 2.60. The van der Waals surface area contributed by atoms with Crippen LogP contribution < -0.4 is 5.73 Å². The molecule has 0 aromatic heterocycles. The third-order valence-corrected chi connectivity index (χ3v) is 2.60. The van der Waals surface area contributed by atoms with Gasteiger partial charge in [0.15, 0.2) is 0 Å². The van der Waals surface area contributed by atoms with Crippen LogP contribution in [-0.2, 0) is 4.79 Å². The second-order valence-electron chi connectivity index (χ2n) is 4.15. The number of aliphatic hydroxyl groups is 2. The number of nitrogens with zero attached hydrogens (tertiary/aromatic N) is 1. The zero-order chi connectivity index (χ0) is 14.7. The molecule has 0 aliphatic rings. The van der Waals surface area contributed by atoms with Crippen LogP contribution in [0.4, 0.5) is 11.4 Å². The molecule has 0 bridgehead atoms. The topological polar surface area (TPSA) is 147 Å². The smallest absolute Gasteiger partial charge is 0.306 e. The van der Waals surface area contributed by atoms with Gasteiger partial charge in [0.05, 0.1) is 17.4 Å². The van der Waals surface area contributed by atoms with Crippen molar-refractivity contribution < 1.29 is 25.0 Å². The number of nitro benzene ring substituents is 1. The lowest BCUT2D eigenvalue weighted by Crippen LogP contribution is -2.23. The number of aliphatic hydroxyl groups excluding tert-OH is 2. The van der Waals surface area contributed by atoms with Crippen molar-refractivity contribution in [2.75, 3.05) is 5.73 Å². The number of hydrogen-bond donors (Lipinski definition) is 4. The normalized spacial score (nSPS) is 13.8. The molecule has 0 aliphatic carbocycles. The number of carbonyl (C=O) groups is 1. The van der Waals surface area contributed by atoms with Crippen molar-refractivity contribution in [2.24, 2.45) is 0 Å². The van der Waals surface area contributed by atoms with E-state index in [0.717, 1.165) is 0 Å². The number of hydrogen-bond acceptors (Lipinski definition) is 6. The molecule has 0 radical (unpaired) electrons. The minimum atomic E-state index is -1.60. The number of nitro groups is 1. The standard InChI is InChI=1S/C11H14N2O6/c1-5-2-6(10(12)7(3-5)13(18)19)11(17)8(14)4-9(15)16/h2-3,8,11,14,17H,4,12H2,1H3,(H,15,16). The van der Waals surface area contributed by atoms with E-state index in [9.17, 15) is 25.1 Å². The summed E-state index contributed by atoms with van der Waals surface area (Å²) in [5.41, 5.74) is 5.30. The summed E-state index contributed by atoms with van der Waals surface area (Å²) in [6.45, 7) is 1.56. The van der Waals surface area contributed by atoms with E-state index in [0.29, 0.717) is 5.56 Å². The highest BCUT2D eigenvalue weighted by Gasteiger charge is 2.27. The van der Waals surface area contributed by atoms with Gasteiger partial charge in [0.25, 0.3) is 5.69 Å². The first-order valence-corrected chi connectivity index (χ1v) is 5.36. The summed E-state index contributed by atoms with van der Waals surface area (Å²) < 4.78 is 0. The molecule has 0 saturated carbocycles. The Kier molecular flexibility index (Phi) is 4.41. The van der Waals surface area contributed by atoms with E-state index in [1.54, 1.807) is 6.92 Å². The number of anilines is 1. The summed E-state index contributed by atoms with van der Waals surface area (Å²) in [5, 5.41) is 38.7. The maximum absolute atomic E-state index is 10.8. The predicted molar refractivity (Wildman–Crippen MR) is 65.5 cm³/mol. The Bertz CT molecular complexity index is 516. The summed E-state index contributed by atoms with van der Waals surface area (Å²) in [4.78, 5) is 20.5. The van der Waals surface area contributed by atoms with E-state index in [1.165, 1.54) is 12.1 Å². The van der Waals surface area contributed by atoms with E-state index in [-0.39, 0.29) is 11.3 Å². The quantitative estimate of drug-likeness (QED) is 0.343. The van der Waals surface area contributed by atoms with Gasteiger partial charge in [-0.3, -0.25) is 14.9 Å². The maximum Gasteiger partial charge on any atom is 0.306 e. The first kappa shape index (κ1) is 14.9. The molecule has 0 heterocycles.